The van der Waals surface area contributed by atoms with E-state index >= 15 is 0 Å². The number of Topliss-reactive ketones (excluding diaryl/α,β-unsaturated/α-hetero) is 1. The molecule has 1 aromatic carbocycles. The Morgan fingerprint density at radius 3 is 2.00 bits per heavy atom. The Bertz CT molecular complexity index is 293. The van der Waals surface area contributed by atoms with Crippen LogP contribution in [-0.4, -0.2) is 28.7 Å². The largest absolute Gasteiger partial charge is 0.465 e. The van der Waals surface area contributed by atoms with Crippen LogP contribution in [0.25, 0.3) is 0 Å². The van der Waals surface area contributed by atoms with Gasteiger partial charge in [0.1, 0.15) is 6.61 Å². The van der Waals surface area contributed by atoms with Gasteiger partial charge in [-0.2, -0.15) is 0 Å². The number of carbonyl (C=O) groups excluding carboxylic acids is 1. The lowest BCUT2D eigenvalue weighted by Crippen LogP contribution is -2.03. The van der Waals surface area contributed by atoms with Crippen LogP contribution in [0.15, 0.2) is 30.3 Å². The fourth-order valence-corrected chi connectivity index (χ4v) is 0.715. The number of aliphatic hydroxyl groups is 1. The molecule has 5 nitrogen and oxygen atoms in total. The summed E-state index contributed by atoms with van der Waals surface area (Å²) in [6.45, 7) is -0.413. The number of amides is 1. The van der Waals surface area contributed by atoms with Gasteiger partial charge in [0.2, 0.25) is 0 Å². The maximum absolute atomic E-state index is 10.8. The van der Waals surface area contributed by atoms with E-state index in [9.17, 15) is 4.79 Å². The van der Waals surface area contributed by atoms with Gasteiger partial charge in [-0.1, -0.05) is 30.3 Å². The minimum atomic E-state index is -1.33. The summed E-state index contributed by atoms with van der Waals surface area (Å²) in [5.74, 6) is -0.236. The Morgan fingerprint density at radius 1 is 1.21 bits per heavy atom. The van der Waals surface area contributed by atoms with Crippen LogP contribution in [0.3, 0.4) is 0 Å². The molecule has 0 aromatic heterocycles. The van der Waals surface area contributed by atoms with Gasteiger partial charge in [0.15, 0.2) is 5.78 Å². The van der Waals surface area contributed by atoms with Crippen molar-refractivity contribution in [2.75, 3.05) is 6.61 Å². The molecule has 0 atom stereocenters. The zero-order valence-corrected chi connectivity index (χ0v) is 7.38. The number of carboxylic acid groups (broad SMARTS) is 1. The topological polar surface area (TPSA) is 101 Å². The molecule has 76 valence electrons. The molecule has 0 unspecified atom stereocenters. The monoisotopic (exact) mass is 197 g/mol. The predicted octanol–water partition coefficient (Wildman–Crippen LogP) is 0.485. The van der Waals surface area contributed by atoms with Crippen LogP contribution < -0.4 is 5.73 Å². The molecule has 0 saturated heterocycles. The van der Waals surface area contributed by atoms with Crippen LogP contribution in [0.1, 0.15) is 10.4 Å². The van der Waals surface area contributed by atoms with Crippen molar-refractivity contribution < 1.29 is 19.8 Å². The smallest absolute Gasteiger partial charge is 0.402 e. The van der Waals surface area contributed by atoms with E-state index in [1.165, 1.54) is 0 Å². The van der Waals surface area contributed by atoms with Crippen molar-refractivity contribution in [1.29, 1.82) is 0 Å². The van der Waals surface area contributed by atoms with Gasteiger partial charge in [-0.15, -0.1) is 0 Å². The first-order valence-electron chi connectivity index (χ1n) is 3.75. The van der Waals surface area contributed by atoms with Crippen molar-refractivity contribution in [2.45, 2.75) is 0 Å². The SMILES string of the molecule is NC(=O)O.O=C(CO)c1ccccc1. The summed E-state index contributed by atoms with van der Waals surface area (Å²) in [5, 5.41) is 15.6. The fourth-order valence-electron chi connectivity index (χ4n) is 0.715. The number of nitrogens with two attached hydrogens (primary N) is 1. The Morgan fingerprint density at radius 2 is 1.64 bits per heavy atom. The number of hydrogen-bond acceptors (Lipinski definition) is 3. The lowest BCUT2D eigenvalue weighted by molar-refractivity contribution is 0.0903. The summed E-state index contributed by atoms with van der Waals surface area (Å²) in [5.41, 5.74) is 4.59. The normalized spacial score (nSPS) is 8.36. The lowest BCUT2D eigenvalue weighted by atomic mass is 10.1. The molecule has 0 aliphatic heterocycles. The number of benzene rings is 1. The summed E-state index contributed by atoms with van der Waals surface area (Å²) in [6, 6.07) is 8.72. The molecule has 0 aliphatic rings. The standard InChI is InChI=1S/C8H8O2.CH3NO2/c9-6-8(10)7-4-2-1-3-5-7;2-1(3)4/h1-5,9H,6H2;2H2,(H,3,4). The first kappa shape index (κ1) is 12.1. The molecule has 0 heterocycles. The molecule has 1 amide bonds. The highest BCUT2D eigenvalue weighted by molar-refractivity contribution is 5.96. The summed E-state index contributed by atoms with van der Waals surface area (Å²) < 4.78 is 0. The zero-order chi connectivity index (χ0) is 11.0. The maximum atomic E-state index is 10.8. The third-order valence-electron chi connectivity index (χ3n) is 1.24. The number of primary amides is 1. The highest BCUT2D eigenvalue weighted by atomic mass is 16.4. The van der Waals surface area contributed by atoms with Gasteiger partial charge >= 0.3 is 6.09 Å². The average molecular weight is 197 g/mol. The number of rotatable bonds is 2. The van der Waals surface area contributed by atoms with Crippen molar-refractivity contribution in [3.8, 4) is 0 Å². The summed E-state index contributed by atoms with van der Waals surface area (Å²) in [4.78, 5) is 19.5. The molecular formula is C9H11NO4. The van der Waals surface area contributed by atoms with Gasteiger partial charge in [0, 0.05) is 5.56 Å². The Labute approximate surface area is 80.8 Å². The first-order chi connectivity index (χ1) is 6.57. The average Bonchev–Trinajstić information content (AvgIpc) is 2.17. The van der Waals surface area contributed by atoms with E-state index in [4.69, 9.17) is 15.0 Å². The van der Waals surface area contributed by atoms with Crippen LogP contribution in [0.4, 0.5) is 4.79 Å². The van der Waals surface area contributed by atoms with Crippen LogP contribution >= 0.6 is 0 Å². The van der Waals surface area contributed by atoms with E-state index in [0.29, 0.717) is 5.56 Å². The van der Waals surface area contributed by atoms with Gasteiger partial charge in [-0.25, -0.2) is 4.79 Å². The number of ketones is 1. The van der Waals surface area contributed by atoms with E-state index in [-0.39, 0.29) is 5.78 Å². The Hall–Kier alpha value is -1.88. The second-order valence-electron chi connectivity index (χ2n) is 2.29. The van der Waals surface area contributed by atoms with Gasteiger partial charge in [0.25, 0.3) is 0 Å². The van der Waals surface area contributed by atoms with Gasteiger partial charge in [0.05, 0.1) is 0 Å². The predicted molar refractivity (Wildman–Crippen MR) is 50.1 cm³/mol. The first-order valence-corrected chi connectivity index (χ1v) is 3.75. The molecule has 0 radical (unpaired) electrons. The van der Waals surface area contributed by atoms with E-state index in [2.05, 4.69) is 5.73 Å². The van der Waals surface area contributed by atoms with Gasteiger partial charge in [-0.3, -0.25) is 4.79 Å². The zero-order valence-electron chi connectivity index (χ0n) is 7.38. The fraction of sp³-hybridized carbons (Fsp3) is 0.111. The number of hydrogen-bond donors (Lipinski definition) is 3. The maximum Gasteiger partial charge on any atom is 0.402 e. The highest BCUT2D eigenvalue weighted by Gasteiger charge is 1.99. The van der Waals surface area contributed by atoms with E-state index in [1.807, 2.05) is 6.07 Å². The van der Waals surface area contributed by atoms with Crippen LogP contribution in [0.5, 0.6) is 0 Å². The van der Waals surface area contributed by atoms with Gasteiger partial charge in [-0.05, 0) is 0 Å². The Balaban J connectivity index is 0.000000364. The van der Waals surface area contributed by atoms with Gasteiger partial charge < -0.3 is 15.9 Å². The molecule has 0 fully saturated rings. The van der Waals surface area contributed by atoms with Crippen molar-refractivity contribution in [3.05, 3.63) is 35.9 Å². The third-order valence-corrected chi connectivity index (χ3v) is 1.24. The Kier molecular flexibility index (Phi) is 5.73. The molecule has 0 bridgehead atoms. The second kappa shape index (κ2) is 6.62. The van der Waals surface area contributed by atoms with E-state index < -0.39 is 12.7 Å². The lowest BCUT2D eigenvalue weighted by Gasteiger charge is -1.93. The van der Waals surface area contributed by atoms with E-state index in [0.717, 1.165) is 0 Å². The van der Waals surface area contributed by atoms with Crippen LogP contribution in [-0.2, 0) is 0 Å². The number of aliphatic hydroxyl groups excluding tert-OH is 1. The van der Waals surface area contributed by atoms with E-state index in [1.54, 1.807) is 24.3 Å². The summed E-state index contributed by atoms with van der Waals surface area (Å²) in [7, 11) is 0. The number of carbonyl (C=O) groups is 2. The van der Waals surface area contributed by atoms with Crippen LogP contribution in [0, 0.1) is 0 Å². The molecular weight excluding hydrogens is 186 g/mol. The molecule has 14 heavy (non-hydrogen) atoms. The minimum absolute atomic E-state index is 0.236. The van der Waals surface area contributed by atoms with Crippen molar-refractivity contribution >= 4 is 11.9 Å². The highest BCUT2D eigenvalue weighted by Crippen LogP contribution is 1.97. The molecule has 0 spiro atoms. The van der Waals surface area contributed by atoms with Crippen molar-refractivity contribution in [1.82, 2.24) is 0 Å². The molecule has 5 heteroatoms. The molecule has 0 aliphatic carbocycles. The molecule has 0 saturated carbocycles. The van der Waals surface area contributed by atoms with Crippen molar-refractivity contribution in [2.24, 2.45) is 5.73 Å². The van der Waals surface area contributed by atoms with Crippen LogP contribution in [0.2, 0.25) is 0 Å². The minimum Gasteiger partial charge on any atom is -0.465 e. The quantitative estimate of drug-likeness (QED) is 0.600. The summed E-state index contributed by atoms with van der Waals surface area (Å²) >= 11 is 0. The molecule has 1 rings (SSSR count). The van der Waals surface area contributed by atoms with Crippen molar-refractivity contribution in [3.63, 3.8) is 0 Å². The molecule has 1 aromatic rings. The molecule has 4 N–H and O–H groups in total. The summed E-state index contributed by atoms with van der Waals surface area (Å²) in [6.07, 6.45) is -1.33. The third kappa shape index (κ3) is 5.73. The second-order valence-corrected chi connectivity index (χ2v) is 2.29.